The molecule has 0 amide bonds. The lowest BCUT2D eigenvalue weighted by molar-refractivity contribution is 0.934. The maximum Gasteiger partial charge on any atom is 0.0979 e. The van der Waals surface area contributed by atoms with Crippen molar-refractivity contribution in [2.75, 3.05) is 0 Å². The van der Waals surface area contributed by atoms with E-state index in [1.54, 1.807) is 0 Å². The molecule has 0 saturated heterocycles. The van der Waals surface area contributed by atoms with E-state index in [-0.39, 0.29) is 0 Å². The second kappa shape index (κ2) is 11.0. The van der Waals surface area contributed by atoms with Gasteiger partial charge in [0.1, 0.15) is 0 Å². The Morgan fingerprint density at radius 3 is 1.71 bits per heavy atom. The lowest BCUT2D eigenvalue weighted by Crippen LogP contribution is -2.06. The Hall–Kier alpha value is -6.58. The van der Waals surface area contributed by atoms with E-state index in [0.717, 1.165) is 52.1 Å². The van der Waals surface area contributed by atoms with E-state index in [4.69, 9.17) is 9.97 Å². The Labute approximate surface area is 295 Å². The van der Waals surface area contributed by atoms with Crippen LogP contribution in [0.2, 0.25) is 0 Å². The summed E-state index contributed by atoms with van der Waals surface area (Å²) in [6.07, 6.45) is 2.06. The van der Waals surface area contributed by atoms with Gasteiger partial charge in [-0.25, -0.2) is 9.97 Å². The smallest absolute Gasteiger partial charge is 0.0979 e. The monoisotopic (exact) mass is 649 g/mol. The van der Waals surface area contributed by atoms with E-state index < -0.39 is 0 Å². The van der Waals surface area contributed by atoms with Gasteiger partial charge in [0, 0.05) is 33.2 Å². The summed E-state index contributed by atoms with van der Waals surface area (Å²) in [7, 11) is 0. The molecule has 51 heavy (non-hydrogen) atoms. The van der Waals surface area contributed by atoms with Crippen molar-refractivity contribution < 1.29 is 0 Å². The molecule has 0 N–H and O–H groups in total. The SMILES string of the molecule is c1ccc2c(c1)CCc1c-2n(-c2ccc3nc(-c4cccc5ccccc45)c(-c4cccc5ccccc45)nc3c2)c2c1ccc1ccccc12. The second-order valence-corrected chi connectivity index (χ2v) is 13.6. The highest BCUT2D eigenvalue weighted by molar-refractivity contribution is 6.11. The summed E-state index contributed by atoms with van der Waals surface area (Å²) < 4.78 is 2.50. The lowest BCUT2D eigenvalue weighted by atomic mass is 9.89. The van der Waals surface area contributed by atoms with Crippen molar-refractivity contribution in [2.24, 2.45) is 0 Å². The number of hydrogen-bond donors (Lipinski definition) is 0. The molecule has 8 aromatic carbocycles. The van der Waals surface area contributed by atoms with Gasteiger partial charge in [0.2, 0.25) is 0 Å². The van der Waals surface area contributed by atoms with Gasteiger partial charge in [-0.05, 0) is 69.1 Å². The zero-order valence-corrected chi connectivity index (χ0v) is 27.8. The predicted octanol–water partition coefficient (Wildman–Crippen LogP) is 12.1. The van der Waals surface area contributed by atoms with Crippen LogP contribution in [0.4, 0.5) is 0 Å². The fraction of sp³-hybridized carbons (Fsp3) is 0.0417. The first kappa shape index (κ1) is 28.3. The molecule has 0 aliphatic heterocycles. The van der Waals surface area contributed by atoms with Gasteiger partial charge in [-0.3, -0.25) is 0 Å². The number of rotatable bonds is 3. The van der Waals surface area contributed by atoms with Gasteiger partial charge in [-0.2, -0.15) is 0 Å². The Bertz CT molecular complexity index is 3030. The van der Waals surface area contributed by atoms with Crippen LogP contribution < -0.4 is 0 Å². The standard InChI is InChI=1S/C48H31N3/c1-5-17-35-30(11-1)15-9-21-39(35)45-46(40-22-10-16-31-12-2-6-18-36(31)40)50-44-29-34(25-28-43(44)49-45)51-47-37-19-7-3-13-32(37)23-26-41(47)42-27-24-33-14-4-8-20-38(33)48(42)51/h1-23,25-26,28-29H,24,27H2. The van der Waals surface area contributed by atoms with Crippen LogP contribution in [0.15, 0.2) is 164 Å². The van der Waals surface area contributed by atoms with Crippen LogP contribution in [0, 0.1) is 0 Å². The number of nitrogens with zero attached hydrogens (tertiary/aromatic N) is 3. The van der Waals surface area contributed by atoms with Crippen LogP contribution in [-0.2, 0) is 12.8 Å². The summed E-state index contributed by atoms with van der Waals surface area (Å²) in [5.41, 5.74) is 13.5. The number of benzene rings is 8. The first-order valence-electron chi connectivity index (χ1n) is 17.7. The molecule has 0 spiro atoms. The van der Waals surface area contributed by atoms with Crippen LogP contribution in [0.3, 0.4) is 0 Å². The van der Waals surface area contributed by atoms with E-state index in [9.17, 15) is 0 Å². The molecular weight excluding hydrogens is 619 g/mol. The van der Waals surface area contributed by atoms with Crippen LogP contribution in [0.25, 0.3) is 93.7 Å². The summed E-state index contributed by atoms with van der Waals surface area (Å²) in [6, 6.07) is 59.1. The maximum atomic E-state index is 5.57. The average Bonchev–Trinajstić information content (AvgIpc) is 3.55. The van der Waals surface area contributed by atoms with Crippen LogP contribution in [-0.4, -0.2) is 14.5 Å². The molecule has 1 aliphatic rings. The Morgan fingerprint density at radius 1 is 0.412 bits per heavy atom. The van der Waals surface area contributed by atoms with Gasteiger partial charge in [0.05, 0.1) is 33.6 Å². The first-order valence-corrected chi connectivity index (χ1v) is 17.7. The molecule has 0 unspecified atom stereocenters. The van der Waals surface area contributed by atoms with Gasteiger partial charge < -0.3 is 4.57 Å². The van der Waals surface area contributed by atoms with Gasteiger partial charge >= 0.3 is 0 Å². The summed E-state index contributed by atoms with van der Waals surface area (Å²) in [5.74, 6) is 0. The normalized spacial score (nSPS) is 12.5. The number of aromatic nitrogens is 3. The molecule has 1 aliphatic carbocycles. The summed E-state index contributed by atoms with van der Waals surface area (Å²) >= 11 is 0. The van der Waals surface area contributed by atoms with Gasteiger partial charge in [0.15, 0.2) is 0 Å². The molecule has 0 fully saturated rings. The second-order valence-electron chi connectivity index (χ2n) is 13.6. The Morgan fingerprint density at radius 2 is 0.980 bits per heavy atom. The minimum Gasteiger partial charge on any atom is -0.308 e. The topological polar surface area (TPSA) is 30.7 Å². The van der Waals surface area contributed by atoms with Crippen molar-refractivity contribution in [1.29, 1.82) is 0 Å². The van der Waals surface area contributed by atoms with E-state index in [0.29, 0.717) is 0 Å². The van der Waals surface area contributed by atoms with Crippen molar-refractivity contribution in [1.82, 2.24) is 14.5 Å². The third-order valence-electron chi connectivity index (χ3n) is 10.9. The third-order valence-corrected chi connectivity index (χ3v) is 10.9. The number of aryl methyl sites for hydroxylation is 2. The van der Waals surface area contributed by atoms with E-state index in [1.165, 1.54) is 65.6 Å². The minimum atomic E-state index is 0.874. The number of fused-ring (bicyclic) bond motifs is 10. The Kier molecular flexibility index (Phi) is 6.08. The summed E-state index contributed by atoms with van der Waals surface area (Å²) in [6.45, 7) is 0. The van der Waals surface area contributed by atoms with Crippen molar-refractivity contribution in [3.63, 3.8) is 0 Å². The quantitative estimate of drug-likeness (QED) is 0.191. The van der Waals surface area contributed by atoms with Crippen LogP contribution >= 0.6 is 0 Å². The zero-order valence-electron chi connectivity index (χ0n) is 27.8. The van der Waals surface area contributed by atoms with Crippen molar-refractivity contribution >= 4 is 54.3 Å². The highest BCUT2D eigenvalue weighted by Crippen LogP contribution is 2.45. The van der Waals surface area contributed by atoms with E-state index in [2.05, 4.69) is 168 Å². The van der Waals surface area contributed by atoms with Gasteiger partial charge in [0.25, 0.3) is 0 Å². The summed E-state index contributed by atoms with van der Waals surface area (Å²) in [4.78, 5) is 11.0. The van der Waals surface area contributed by atoms with Crippen LogP contribution in [0.5, 0.6) is 0 Å². The molecule has 2 heterocycles. The maximum absolute atomic E-state index is 5.57. The van der Waals surface area contributed by atoms with Gasteiger partial charge in [-0.1, -0.05) is 146 Å². The fourth-order valence-electron chi connectivity index (χ4n) is 8.56. The Balaban J connectivity index is 1.23. The van der Waals surface area contributed by atoms with E-state index >= 15 is 0 Å². The molecule has 0 atom stereocenters. The van der Waals surface area contributed by atoms with E-state index in [1.807, 2.05) is 0 Å². The van der Waals surface area contributed by atoms with Crippen molar-refractivity contribution in [3.05, 3.63) is 175 Å². The molecular formula is C48H31N3. The molecule has 3 nitrogen and oxygen atoms in total. The fourth-order valence-corrected chi connectivity index (χ4v) is 8.56. The molecule has 3 heteroatoms. The third kappa shape index (κ3) is 4.25. The van der Waals surface area contributed by atoms with Crippen molar-refractivity contribution in [3.8, 4) is 39.5 Å². The lowest BCUT2D eigenvalue weighted by Gasteiger charge is -2.20. The first-order chi connectivity index (χ1) is 25.3. The zero-order chi connectivity index (χ0) is 33.5. The molecule has 238 valence electrons. The molecule has 10 aromatic rings. The minimum absolute atomic E-state index is 0.874. The van der Waals surface area contributed by atoms with Crippen molar-refractivity contribution in [2.45, 2.75) is 12.8 Å². The molecule has 0 radical (unpaired) electrons. The molecule has 2 aromatic heterocycles. The predicted molar refractivity (Wildman–Crippen MR) is 213 cm³/mol. The van der Waals surface area contributed by atoms with Crippen LogP contribution in [0.1, 0.15) is 11.1 Å². The van der Waals surface area contributed by atoms with Gasteiger partial charge in [-0.15, -0.1) is 0 Å². The highest BCUT2D eigenvalue weighted by atomic mass is 15.0. The highest BCUT2D eigenvalue weighted by Gasteiger charge is 2.26. The number of hydrogen-bond acceptors (Lipinski definition) is 2. The largest absolute Gasteiger partial charge is 0.308 e. The molecule has 11 rings (SSSR count). The molecule has 0 bridgehead atoms. The average molecular weight is 650 g/mol. The molecule has 0 saturated carbocycles. The summed E-state index contributed by atoms with van der Waals surface area (Å²) in [5, 5.41) is 8.54.